The Hall–Kier alpha value is -4.13. The molecule has 0 fully saturated rings. The van der Waals surface area contributed by atoms with Crippen molar-refractivity contribution in [2.75, 3.05) is 6.54 Å². The molecule has 2 aromatic rings. The maximum absolute atomic E-state index is 13.4. The van der Waals surface area contributed by atoms with Crippen molar-refractivity contribution in [1.82, 2.24) is 10.2 Å². The Balaban J connectivity index is 0.000000673. The van der Waals surface area contributed by atoms with E-state index in [9.17, 15) is 32.7 Å². The number of benzene rings is 2. The van der Waals surface area contributed by atoms with Gasteiger partial charge in [0, 0.05) is 19.5 Å². The molecule has 1 heterocycles. The molecule has 0 unspecified atom stereocenters. The fourth-order valence-electron chi connectivity index (χ4n) is 4.21. The largest absolute Gasteiger partial charge is 0.508 e. The molecule has 6 N–H and O–H groups in total. The standard InChI is InChI=1S/C24H29N3O5.C2HF3O2/c1-14-9-18(28)10-15(2)19(14)12-20(25)24(32)27-13-17-6-4-3-5-16(17)11-21(27)23(31)26-8-7-22(29)30;3-2(4,5)1(6)7/h3-6,9-10,20-21,28H,7-8,11-13,25H2,1-2H3,(H,26,31)(H,29,30);(H,6,7)/t20-,21-;/m0./s1. The summed E-state index contributed by atoms with van der Waals surface area (Å²) in [4.78, 5) is 47.4. The Labute approximate surface area is 222 Å². The van der Waals surface area contributed by atoms with Crippen LogP contribution in [0.5, 0.6) is 5.75 Å². The number of phenols is 1. The third-order valence-corrected chi connectivity index (χ3v) is 6.14. The Morgan fingerprint density at radius 2 is 1.62 bits per heavy atom. The number of amides is 2. The summed E-state index contributed by atoms with van der Waals surface area (Å²) in [5, 5.41) is 28.4. The number of phenolic OH excluding ortho intramolecular Hbond substituents is 1. The zero-order chi connectivity index (χ0) is 29.5. The van der Waals surface area contributed by atoms with Crippen LogP contribution in [-0.4, -0.2) is 68.8 Å². The van der Waals surface area contributed by atoms with Crippen LogP contribution in [0.2, 0.25) is 0 Å². The molecule has 13 heteroatoms. The van der Waals surface area contributed by atoms with Crippen LogP contribution in [0.15, 0.2) is 36.4 Å². The second kappa shape index (κ2) is 13.1. The molecule has 10 nitrogen and oxygen atoms in total. The van der Waals surface area contributed by atoms with Crippen molar-refractivity contribution in [2.24, 2.45) is 5.73 Å². The molecule has 0 saturated heterocycles. The molecule has 0 spiro atoms. The molecular weight excluding hydrogens is 523 g/mol. The van der Waals surface area contributed by atoms with Crippen molar-refractivity contribution in [1.29, 1.82) is 0 Å². The predicted molar refractivity (Wildman–Crippen MR) is 133 cm³/mol. The molecule has 0 radical (unpaired) electrons. The molecule has 2 amide bonds. The summed E-state index contributed by atoms with van der Waals surface area (Å²) in [6.45, 7) is 3.96. The van der Waals surface area contributed by atoms with E-state index in [2.05, 4.69) is 5.32 Å². The Bertz CT molecular complexity index is 1210. The topological polar surface area (TPSA) is 170 Å². The van der Waals surface area contributed by atoms with Gasteiger partial charge >= 0.3 is 18.1 Å². The number of hydrogen-bond donors (Lipinski definition) is 5. The van der Waals surface area contributed by atoms with Gasteiger partial charge in [-0.15, -0.1) is 0 Å². The van der Waals surface area contributed by atoms with E-state index in [1.54, 1.807) is 12.1 Å². The van der Waals surface area contributed by atoms with Crippen molar-refractivity contribution in [3.63, 3.8) is 0 Å². The number of halogens is 3. The van der Waals surface area contributed by atoms with Crippen molar-refractivity contribution < 1.29 is 47.7 Å². The lowest BCUT2D eigenvalue weighted by molar-refractivity contribution is -0.192. The molecule has 2 aromatic carbocycles. The van der Waals surface area contributed by atoms with Gasteiger partial charge in [-0.1, -0.05) is 24.3 Å². The highest BCUT2D eigenvalue weighted by atomic mass is 19.4. The number of nitrogens with two attached hydrogens (primary N) is 1. The normalized spacial score (nSPS) is 15.3. The van der Waals surface area contributed by atoms with Crippen LogP contribution < -0.4 is 11.1 Å². The summed E-state index contributed by atoms with van der Waals surface area (Å²) in [6, 6.07) is 9.27. The molecule has 212 valence electrons. The van der Waals surface area contributed by atoms with Crippen molar-refractivity contribution in [3.8, 4) is 5.75 Å². The fourth-order valence-corrected chi connectivity index (χ4v) is 4.21. The van der Waals surface area contributed by atoms with Crippen molar-refractivity contribution in [3.05, 3.63) is 64.2 Å². The highest BCUT2D eigenvalue weighted by Gasteiger charge is 2.38. The third kappa shape index (κ3) is 8.70. The van der Waals surface area contributed by atoms with Crippen molar-refractivity contribution >= 4 is 23.8 Å². The number of aryl methyl sites for hydroxylation is 2. The van der Waals surface area contributed by atoms with Gasteiger partial charge in [-0.25, -0.2) is 4.79 Å². The van der Waals surface area contributed by atoms with Crippen molar-refractivity contribution in [2.45, 2.75) is 57.9 Å². The minimum absolute atomic E-state index is 0.00764. The lowest BCUT2D eigenvalue weighted by atomic mass is 9.91. The van der Waals surface area contributed by atoms with E-state index < -0.39 is 36.1 Å². The molecule has 3 rings (SSSR count). The van der Waals surface area contributed by atoms with E-state index in [-0.39, 0.29) is 37.6 Å². The number of carbonyl (C=O) groups is 4. The van der Waals surface area contributed by atoms with Crippen LogP contribution in [0.25, 0.3) is 0 Å². The molecule has 0 aromatic heterocycles. The summed E-state index contributed by atoms with van der Waals surface area (Å²) in [6.07, 6.45) is -4.66. The van der Waals surface area contributed by atoms with E-state index in [4.69, 9.17) is 20.7 Å². The molecule has 39 heavy (non-hydrogen) atoms. The molecular formula is C26H30F3N3O7. The van der Waals surface area contributed by atoms with E-state index in [1.807, 2.05) is 38.1 Å². The summed E-state index contributed by atoms with van der Waals surface area (Å²) < 4.78 is 31.7. The number of fused-ring (bicyclic) bond motifs is 1. The molecule has 1 aliphatic rings. The second-order valence-corrected chi connectivity index (χ2v) is 9.06. The summed E-state index contributed by atoms with van der Waals surface area (Å²) in [7, 11) is 0. The first-order chi connectivity index (χ1) is 18.1. The van der Waals surface area contributed by atoms with Crippen LogP contribution in [0.1, 0.15) is 34.2 Å². The number of nitrogens with zero attached hydrogens (tertiary/aromatic N) is 1. The van der Waals surface area contributed by atoms with Gasteiger partial charge in [0.05, 0.1) is 12.5 Å². The Morgan fingerprint density at radius 3 is 2.13 bits per heavy atom. The Kier molecular flexibility index (Phi) is 10.4. The zero-order valence-electron chi connectivity index (χ0n) is 21.3. The number of hydrogen-bond acceptors (Lipinski definition) is 6. The lowest BCUT2D eigenvalue weighted by Crippen LogP contribution is -2.56. The minimum Gasteiger partial charge on any atom is -0.508 e. The number of carboxylic acid groups (broad SMARTS) is 2. The monoisotopic (exact) mass is 553 g/mol. The lowest BCUT2D eigenvalue weighted by Gasteiger charge is -2.37. The van der Waals surface area contributed by atoms with Gasteiger partial charge < -0.3 is 31.3 Å². The fraction of sp³-hybridized carbons (Fsp3) is 0.385. The number of rotatable bonds is 7. The minimum atomic E-state index is -5.08. The number of carbonyl (C=O) groups excluding carboxylic acids is 2. The van der Waals surface area contributed by atoms with Gasteiger partial charge in [0.15, 0.2) is 0 Å². The number of carboxylic acids is 2. The van der Waals surface area contributed by atoms with Crippen LogP contribution in [0, 0.1) is 13.8 Å². The van der Waals surface area contributed by atoms with Crippen LogP contribution >= 0.6 is 0 Å². The van der Waals surface area contributed by atoms with E-state index in [1.165, 1.54) is 4.90 Å². The highest BCUT2D eigenvalue weighted by Crippen LogP contribution is 2.26. The van der Waals surface area contributed by atoms with Gasteiger partial charge in [0.1, 0.15) is 11.8 Å². The summed E-state index contributed by atoms with van der Waals surface area (Å²) in [5.41, 5.74) is 10.8. The van der Waals surface area contributed by atoms with Gasteiger partial charge in [0.25, 0.3) is 0 Å². The zero-order valence-corrected chi connectivity index (χ0v) is 21.3. The molecule has 1 aliphatic heterocycles. The Morgan fingerprint density at radius 1 is 1.08 bits per heavy atom. The maximum atomic E-state index is 13.4. The number of alkyl halides is 3. The maximum Gasteiger partial charge on any atom is 0.490 e. The van der Waals surface area contributed by atoms with Crippen LogP contribution in [-0.2, 0) is 38.6 Å². The average Bonchev–Trinajstić information content (AvgIpc) is 2.84. The van der Waals surface area contributed by atoms with E-state index in [0.717, 1.165) is 27.8 Å². The molecule has 0 bridgehead atoms. The average molecular weight is 554 g/mol. The molecule has 0 saturated carbocycles. The number of aromatic hydroxyl groups is 1. The first kappa shape index (κ1) is 31.1. The number of aliphatic carboxylic acids is 2. The van der Waals surface area contributed by atoms with E-state index in [0.29, 0.717) is 6.42 Å². The van der Waals surface area contributed by atoms with Gasteiger partial charge in [-0.3, -0.25) is 14.4 Å². The number of nitrogens with one attached hydrogen (secondary N) is 1. The smallest absolute Gasteiger partial charge is 0.490 e. The van der Waals surface area contributed by atoms with E-state index >= 15 is 0 Å². The first-order valence-electron chi connectivity index (χ1n) is 11.8. The highest BCUT2D eigenvalue weighted by molar-refractivity contribution is 5.91. The molecule has 0 aliphatic carbocycles. The van der Waals surface area contributed by atoms with Gasteiger partial charge in [-0.2, -0.15) is 13.2 Å². The van der Waals surface area contributed by atoms with Crippen LogP contribution in [0.3, 0.4) is 0 Å². The van der Waals surface area contributed by atoms with Gasteiger partial charge in [-0.05, 0) is 60.2 Å². The summed E-state index contributed by atoms with van der Waals surface area (Å²) in [5.74, 6) is -4.33. The first-order valence-corrected chi connectivity index (χ1v) is 11.8. The quantitative estimate of drug-likeness (QED) is 0.347. The van der Waals surface area contributed by atoms with Crippen LogP contribution in [0.4, 0.5) is 13.2 Å². The third-order valence-electron chi connectivity index (χ3n) is 6.14. The summed E-state index contributed by atoms with van der Waals surface area (Å²) >= 11 is 0. The molecule has 2 atom stereocenters. The SMILES string of the molecule is Cc1cc(O)cc(C)c1C[C@H](N)C(=O)N1Cc2ccccc2C[C@H]1C(=O)NCCC(=O)O.O=C(O)C(F)(F)F. The predicted octanol–water partition coefficient (Wildman–Crippen LogP) is 2.06. The second-order valence-electron chi connectivity index (χ2n) is 9.06. The van der Waals surface area contributed by atoms with Gasteiger partial charge in [0.2, 0.25) is 11.8 Å².